The van der Waals surface area contributed by atoms with E-state index in [1.54, 1.807) is 6.07 Å². The molecule has 4 rings (SSSR count). The second-order valence-corrected chi connectivity index (χ2v) is 10.1. The van der Waals surface area contributed by atoms with Gasteiger partial charge in [-0.1, -0.05) is 51.1 Å². The van der Waals surface area contributed by atoms with Gasteiger partial charge in [-0.3, -0.25) is 9.59 Å². The number of rotatable bonds is 8. The van der Waals surface area contributed by atoms with Crippen molar-refractivity contribution in [1.82, 2.24) is 4.90 Å². The molecule has 3 aromatic rings. The third-order valence-electron chi connectivity index (χ3n) is 6.64. The molecule has 3 aromatic carbocycles. The van der Waals surface area contributed by atoms with E-state index in [4.69, 9.17) is 4.74 Å². The van der Waals surface area contributed by atoms with Crippen molar-refractivity contribution in [2.24, 2.45) is 5.92 Å². The van der Waals surface area contributed by atoms with Gasteiger partial charge in [0.25, 0.3) is 5.91 Å². The summed E-state index contributed by atoms with van der Waals surface area (Å²) in [7, 11) is 0. The molecule has 2 amide bonds. The normalized spacial score (nSPS) is 15.7. The lowest BCUT2D eigenvalue weighted by Crippen LogP contribution is -2.41. The Bertz CT molecular complexity index is 1270. The van der Waals surface area contributed by atoms with Crippen molar-refractivity contribution < 1.29 is 18.7 Å². The second kappa shape index (κ2) is 11.6. The third kappa shape index (κ3) is 6.37. The van der Waals surface area contributed by atoms with Crippen LogP contribution in [0.2, 0.25) is 0 Å². The highest BCUT2D eigenvalue weighted by atomic mass is 19.1. The van der Waals surface area contributed by atoms with Gasteiger partial charge in [0.2, 0.25) is 5.91 Å². The number of hydrogen-bond donors (Lipinski definition) is 1. The predicted molar refractivity (Wildman–Crippen MR) is 144 cm³/mol. The van der Waals surface area contributed by atoms with Gasteiger partial charge in [0, 0.05) is 18.7 Å². The summed E-state index contributed by atoms with van der Waals surface area (Å²) in [6.07, 6.45) is 0.930. The first kappa shape index (κ1) is 26.4. The molecule has 0 saturated carbocycles. The number of benzene rings is 3. The van der Waals surface area contributed by atoms with Gasteiger partial charge in [0.05, 0.1) is 6.04 Å². The topological polar surface area (TPSA) is 58.6 Å². The first-order valence-electron chi connectivity index (χ1n) is 13.0. The van der Waals surface area contributed by atoms with Gasteiger partial charge in [0.15, 0.2) is 6.10 Å². The van der Waals surface area contributed by atoms with Gasteiger partial charge in [-0.15, -0.1) is 0 Å². The summed E-state index contributed by atoms with van der Waals surface area (Å²) in [5, 5.41) is 2.94. The fourth-order valence-corrected chi connectivity index (χ4v) is 4.87. The van der Waals surface area contributed by atoms with E-state index in [1.165, 1.54) is 12.1 Å². The van der Waals surface area contributed by atoms with Gasteiger partial charge < -0.3 is 15.0 Å². The zero-order valence-corrected chi connectivity index (χ0v) is 22.0. The van der Waals surface area contributed by atoms with Crippen molar-refractivity contribution in [2.45, 2.75) is 59.1 Å². The molecule has 0 radical (unpaired) electrons. The van der Waals surface area contributed by atoms with Crippen molar-refractivity contribution in [1.29, 1.82) is 0 Å². The molecular formula is C31H35FN2O3. The van der Waals surface area contributed by atoms with E-state index in [1.807, 2.05) is 81.1 Å². The first-order valence-corrected chi connectivity index (χ1v) is 13.0. The monoisotopic (exact) mass is 502 g/mol. The Balaban J connectivity index is 1.64. The third-order valence-corrected chi connectivity index (χ3v) is 6.64. The van der Waals surface area contributed by atoms with E-state index >= 15 is 0 Å². The molecule has 1 N–H and O–H groups in total. The molecule has 1 aliphatic rings. The largest absolute Gasteiger partial charge is 0.481 e. The number of ether oxygens (including phenoxy) is 1. The number of halogens is 1. The maximum atomic E-state index is 14.3. The Morgan fingerprint density at radius 3 is 2.57 bits per heavy atom. The Labute approximate surface area is 218 Å². The summed E-state index contributed by atoms with van der Waals surface area (Å²) in [4.78, 5) is 28.1. The first-order chi connectivity index (χ1) is 17.7. The number of nitrogens with one attached hydrogen (secondary N) is 1. The maximum Gasteiger partial charge on any atom is 0.265 e. The lowest BCUT2D eigenvalue weighted by atomic mass is 9.87. The number of carbonyl (C=O) groups is 2. The minimum atomic E-state index is -0.687. The van der Waals surface area contributed by atoms with Crippen molar-refractivity contribution in [3.63, 3.8) is 0 Å². The van der Waals surface area contributed by atoms with Crippen molar-refractivity contribution in [2.75, 3.05) is 11.9 Å². The summed E-state index contributed by atoms with van der Waals surface area (Å²) in [6, 6.07) is 19.4. The molecule has 0 bridgehead atoms. The van der Waals surface area contributed by atoms with Crippen LogP contribution in [0.15, 0.2) is 66.7 Å². The van der Waals surface area contributed by atoms with E-state index in [2.05, 4.69) is 5.32 Å². The van der Waals surface area contributed by atoms with Crippen LogP contribution in [-0.4, -0.2) is 29.4 Å². The van der Waals surface area contributed by atoms with Gasteiger partial charge in [-0.25, -0.2) is 4.39 Å². The van der Waals surface area contributed by atoms with E-state index in [0.29, 0.717) is 31.6 Å². The molecule has 0 aromatic heterocycles. The number of aryl methyl sites for hydroxylation is 1. The van der Waals surface area contributed by atoms with Gasteiger partial charge >= 0.3 is 0 Å². The van der Waals surface area contributed by atoms with Crippen molar-refractivity contribution in [3.8, 4) is 5.75 Å². The molecule has 2 atom stereocenters. The molecule has 194 valence electrons. The standard InChI is InChI=1S/C31H35FN2O3/c1-5-28(31(36)33-25-11-6-8-21(4)17-25)37-26-13-12-22-14-15-34(29(35)16-20(2)3)30(27(22)19-26)23-9-7-10-24(32)18-23/h6-13,17-20,28,30H,5,14-16H2,1-4H3,(H,33,36). The summed E-state index contributed by atoms with van der Waals surface area (Å²) in [5.41, 5.74) is 4.50. The average Bonchev–Trinajstić information content (AvgIpc) is 2.86. The molecular weight excluding hydrogens is 467 g/mol. The summed E-state index contributed by atoms with van der Waals surface area (Å²) < 4.78 is 20.4. The second-order valence-electron chi connectivity index (χ2n) is 10.1. The molecule has 0 spiro atoms. The quantitative estimate of drug-likeness (QED) is 0.385. The molecule has 0 fully saturated rings. The van der Waals surface area contributed by atoms with Crippen LogP contribution in [0, 0.1) is 18.7 Å². The van der Waals surface area contributed by atoms with Crippen LogP contribution in [0.4, 0.5) is 10.1 Å². The van der Waals surface area contributed by atoms with Gasteiger partial charge in [-0.05, 0) is 84.3 Å². The van der Waals surface area contributed by atoms with E-state index < -0.39 is 12.1 Å². The Morgan fingerprint density at radius 2 is 1.86 bits per heavy atom. The van der Waals surface area contributed by atoms with E-state index in [0.717, 1.165) is 27.9 Å². The number of amides is 2. The molecule has 0 aliphatic carbocycles. The molecule has 1 aliphatic heterocycles. The van der Waals surface area contributed by atoms with Crippen LogP contribution in [0.5, 0.6) is 5.75 Å². The Hall–Kier alpha value is -3.67. The number of fused-ring (bicyclic) bond motifs is 1. The van der Waals surface area contributed by atoms with Crippen LogP contribution < -0.4 is 10.1 Å². The molecule has 0 saturated heterocycles. The van der Waals surface area contributed by atoms with E-state index in [-0.39, 0.29) is 23.5 Å². The lowest BCUT2D eigenvalue weighted by molar-refractivity contribution is -0.134. The lowest BCUT2D eigenvalue weighted by Gasteiger charge is -2.38. The molecule has 5 nitrogen and oxygen atoms in total. The van der Waals surface area contributed by atoms with Gasteiger partial charge in [-0.2, -0.15) is 0 Å². The van der Waals surface area contributed by atoms with Crippen LogP contribution >= 0.6 is 0 Å². The molecule has 37 heavy (non-hydrogen) atoms. The predicted octanol–water partition coefficient (Wildman–Crippen LogP) is 6.45. The summed E-state index contributed by atoms with van der Waals surface area (Å²) in [6.45, 7) is 8.48. The van der Waals surface area contributed by atoms with E-state index in [9.17, 15) is 14.0 Å². The summed E-state index contributed by atoms with van der Waals surface area (Å²) in [5.74, 6) is 0.247. The molecule has 6 heteroatoms. The average molecular weight is 503 g/mol. The number of nitrogens with zero attached hydrogens (tertiary/aromatic N) is 1. The minimum Gasteiger partial charge on any atom is -0.481 e. The maximum absolute atomic E-state index is 14.3. The Kier molecular flexibility index (Phi) is 8.27. The van der Waals surface area contributed by atoms with Crippen LogP contribution in [0.3, 0.4) is 0 Å². The number of anilines is 1. The SMILES string of the molecule is CCC(Oc1ccc2c(c1)C(c1cccc(F)c1)N(C(=O)CC(C)C)CC2)C(=O)Nc1cccc(C)c1. The smallest absolute Gasteiger partial charge is 0.265 e. The van der Waals surface area contributed by atoms with Crippen molar-refractivity contribution in [3.05, 3.63) is 94.8 Å². The zero-order chi connectivity index (χ0) is 26.5. The highest BCUT2D eigenvalue weighted by molar-refractivity contribution is 5.94. The van der Waals surface area contributed by atoms with Crippen LogP contribution in [0.1, 0.15) is 61.9 Å². The molecule has 2 unspecified atom stereocenters. The van der Waals surface area contributed by atoms with Crippen LogP contribution in [0.25, 0.3) is 0 Å². The summed E-state index contributed by atoms with van der Waals surface area (Å²) >= 11 is 0. The van der Waals surface area contributed by atoms with Crippen LogP contribution in [-0.2, 0) is 16.0 Å². The minimum absolute atomic E-state index is 0.0465. The fraction of sp³-hybridized carbons (Fsp3) is 0.355. The highest BCUT2D eigenvalue weighted by Crippen LogP contribution is 2.38. The van der Waals surface area contributed by atoms with Crippen molar-refractivity contribution >= 4 is 17.5 Å². The number of hydrogen-bond acceptors (Lipinski definition) is 3. The zero-order valence-electron chi connectivity index (χ0n) is 22.0. The highest BCUT2D eigenvalue weighted by Gasteiger charge is 2.33. The Morgan fingerprint density at radius 1 is 1.08 bits per heavy atom. The molecule has 1 heterocycles. The number of carbonyl (C=O) groups excluding carboxylic acids is 2. The van der Waals surface area contributed by atoms with Gasteiger partial charge in [0.1, 0.15) is 11.6 Å². The fourth-order valence-electron chi connectivity index (χ4n) is 4.87.